The Morgan fingerprint density at radius 2 is 2.00 bits per heavy atom. The fraction of sp³-hybridized carbons (Fsp3) is 0.333. The van der Waals surface area contributed by atoms with Crippen LogP contribution in [0.1, 0.15) is 34.1 Å². The van der Waals surface area contributed by atoms with Crippen LogP contribution in [-0.2, 0) is 0 Å². The van der Waals surface area contributed by atoms with Crippen LogP contribution in [0.2, 0.25) is 0 Å². The lowest BCUT2D eigenvalue weighted by Gasteiger charge is -2.37. The number of benzene rings is 1. The summed E-state index contributed by atoms with van der Waals surface area (Å²) in [6.07, 6.45) is 0.909. The Morgan fingerprint density at radius 1 is 1.26 bits per heavy atom. The number of fused-ring (bicyclic) bond motifs is 1. The molecule has 6 nitrogen and oxygen atoms in total. The lowest BCUT2D eigenvalue weighted by Crippen LogP contribution is -2.49. The number of nitrogens with zero attached hydrogens (tertiary/aromatic N) is 5. The van der Waals surface area contributed by atoms with Gasteiger partial charge in [0.2, 0.25) is 0 Å². The van der Waals surface area contributed by atoms with Crippen molar-refractivity contribution in [3.63, 3.8) is 0 Å². The SMILES string of the molecule is Cc1cc([C@@H]2CN(C(=O)c3ccc(F)cc3)CC(F)(F)C2)n2ncnc2n1. The summed E-state index contributed by atoms with van der Waals surface area (Å²) in [5, 5.41) is 4.07. The molecule has 2 aromatic heterocycles. The van der Waals surface area contributed by atoms with Gasteiger partial charge in [0, 0.05) is 30.1 Å². The van der Waals surface area contributed by atoms with Crippen molar-refractivity contribution >= 4 is 11.7 Å². The van der Waals surface area contributed by atoms with Crippen LogP contribution in [0.15, 0.2) is 36.7 Å². The van der Waals surface area contributed by atoms with Crippen LogP contribution < -0.4 is 0 Å². The summed E-state index contributed by atoms with van der Waals surface area (Å²) in [6.45, 7) is 1.18. The van der Waals surface area contributed by atoms with E-state index in [0.29, 0.717) is 17.2 Å². The molecule has 1 aliphatic heterocycles. The summed E-state index contributed by atoms with van der Waals surface area (Å²) >= 11 is 0. The molecule has 9 heteroatoms. The number of aromatic nitrogens is 4. The molecule has 27 heavy (non-hydrogen) atoms. The Hall–Kier alpha value is -2.97. The number of halogens is 3. The summed E-state index contributed by atoms with van der Waals surface area (Å²) in [7, 11) is 0. The molecule has 140 valence electrons. The van der Waals surface area contributed by atoms with Crippen molar-refractivity contribution in [2.45, 2.75) is 25.2 Å². The molecule has 1 aromatic carbocycles. The van der Waals surface area contributed by atoms with Crippen molar-refractivity contribution in [3.8, 4) is 0 Å². The van der Waals surface area contributed by atoms with Crippen molar-refractivity contribution in [1.29, 1.82) is 0 Å². The summed E-state index contributed by atoms with van der Waals surface area (Å²) < 4.78 is 43.4. The van der Waals surface area contributed by atoms with Crippen molar-refractivity contribution in [2.24, 2.45) is 0 Å². The first-order chi connectivity index (χ1) is 12.8. The standard InChI is InChI=1S/C18H16F3N5O/c1-11-6-15(26-17(24-11)22-10-23-26)13-7-18(20,21)9-25(8-13)16(27)12-2-4-14(19)5-3-12/h2-6,10,13H,7-9H2,1H3/t13-/m0/s1. The van der Waals surface area contributed by atoms with Crippen molar-refractivity contribution in [2.75, 3.05) is 13.1 Å². The number of alkyl halides is 2. The molecule has 0 N–H and O–H groups in total. The van der Waals surface area contributed by atoms with E-state index in [-0.39, 0.29) is 12.1 Å². The second-order valence-electron chi connectivity index (χ2n) is 6.74. The maximum absolute atomic E-state index is 14.4. The van der Waals surface area contributed by atoms with E-state index < -0.39 is 36.5 Å². The third kappa shape index (κ3) is 3.36. The quantitative estimate of drug-likeness (QED) is 0.691. The summed E-state index contributed by atoms with van der Waals surface area (Å²) in [5.74, 6) is -4.41. The van der Waals surface area contributed by atoms with Gasteiger partial charge in [-0.15, -0.1) is 0 Å². The smallest absolute Gasteiger partial charge is 0.266 e. The average molecular weight is 375 g/mol. The number of aryl methyl sites for hydroxylation is 1. The van der Waals surface area contributed by atoms with E-state index in [2.05, 4.69) is 15.1 Å². The van der Waals surface area contributed by atoms with Crippen LogP contribution in [0.25, 0.3) is 5.78 Å². The lowest BCUT2D eigenvalue weighted by atomic mass is 9.91. The van der Waals surface area contributed by atoms with Gasteiger partial charge in [0.15, 0.2) is 0 Å². The molecule has 1 atom stereocenters. The molecule has 1 fully saturated rings. The maximum Gasteiger partial charge on any atom is 0.266 e. The summed E-state index contributed by atoms with van der Waals surface area (Å²) in [4.78, 5) is 22.0. The molecular formula is C18H16F3N5O. The topological polar surface area (TPSA) is 63.4 Å². The van der Waals surface area contributed by atoms with Crippen LogP contribution in [0.5, 0.6) is 0 Å². The third-order valence-electron chi connectivity index (χ3n) is 4.61. The second-order valence-corrected chi connectivity index (χ2v) is 6.74. The first-order valence-electron chi connectivity index (χ1n) is 8.42. The minimum Gasteiger partial charge on any atom is -0.332 e. The van der Waals surface area contributed by atoms with Crippen LogP contribution in [-0.4, -0.2) is 49.4 Å². The summed E-state index contributed by atoms with van der Waals surface area (Å²) in [6, 6.07) is 6.56. The largest absolute Gasteiger partial charge is 0.332 e. The highest BCUT2D eigenvalue weighted by molar-refractivity contribution is 5.94. The van der Waals surface area contributed by atoms with E-state index in [1.807, 2.05) is 0 Å². The van der Waals surface area contributed by atoms with Crippen LogP contribution >= 0.6 is 0 Å². The van der Waals surface area contributed by atoms with Crippen molar-refractivity contribution in [1.82, 2.24) is 24.5 Å². The molecule has 1 aliphatic rings. The molecule has 1 amide bonds. The highest BCUT2D eigenvalue weighted by atomic mass is 19.3. The highest BCUT2D eigenvalue weighted by Crippen LogP contribution is 2.36. The number of rotatable bonds is 2. The van der Waals surface area contributed by atoms with Gasteiger partial charge >= 0.3 is 0 Å². The molecule has 0 saturated carbocycles. The predicted molar refractivity (Wildman–Crippen MR) is 90.1 cm³/mol. The fourth-order valence-corrected chi connectivity index (χ4v) is 3.48. The lowest BCUT2D eigenvalue weighted by molar-refractivity contribution is -0.0641. The van der Waals surface area contributed by atoms with Gasteiger partial charge in [-0.05, 0) is 37.3 Å². The molecule has 1 saturated heterocycles. The van der Waals surface area contributed by atoms with Crippen LogP contribution in [0.3, 0.4) is 0 Å². The minimum atomic E-state index is -3.05. The first-order valence-corrected chi connectivity index (χ1v) is 8.42. The van der Waals surface area contributed by atoms with Gasteiger partial charge in [0.05, 0.1) is 12.2 Å². The Bertz CT molecular complexity index is 1000. The van der Waals surface area contributed by atoms with Gasteiger partial charge in [-0.1, -0.05) is 0 Å². The van der Waals surface area contributed by atoms with E-state index in [1.54, 1.807) is 13.0 Å². The number of likely N-dealkylation sites (tertiary alicyclic amines) is 1. The van der Waals surface area contributed by atoms with E-state index in [4.69, 9.17) is 0 Å². The van der Waals surface area contributed by atoms with Gasteiger partial charge in [0.1, 0.15) is 12.1 Å². The van der Waals surface area contributed by atoms with Gasteiger partial charge in [-0.2, -0.15) is 10.1 Å². The summed E-state index contributed by atoms with van der Waals surface area (Å²) in [5.41, 5.74) is 1.34. The molecule has 4 rings (SSSR count). The van der Waals surface area contributed by atoms with Gasteiger partial charge in [-0.3, -0.25) is 4.79 Å². The zero-order valence-electron chi connectivity index (χ0n) is 14.4. The van der Waals surface area contributed by atoms with E-state index in [0.717, 1.165) is 17.0 Å². The number of piperidine rings is 1. The van der Waals surface area contributed by atoms with E-state index in [1.165, 1.54) is 23.0 Å². The fourth-order valence-electron chi connectivity index (χ4n) is 3.48. The number of amides is 1. The van der Waals surface area contributed by atoms with Crippen LogP contribution in [0.4, 0.5) is 13.2 Å². The number of hydrogen-bond donors (Lipinski definition) is 0. The monoisotopic (exact) mass is 375 g/mol. The molecule has 0 unspecified atom stereocenters. The third-order valence-corrected chi connectivity index (χ3v) is 4.61. The number of carbonyl (C=O) groups is 1. The minimum absolute atomic E-state index is 0.101. The molecule has 3 heterocycles. The highest BCUT2D eigenvalue weighted by Gasteiger charge is 2.43. The predicted octanol–water partition coefficient (Wildman–Crippen LogP) is 2.84. The van der Waals surface area contributed by atoms with Gasteiger partial charge in [0.25, 0.3) is 17.6 Å². The van der Waals surface area contributed by atoms with Gasteiger partial charge < -0.3 is 4.90 Å². The zero-order valence-corrected chi connectivity index (χ0v) is 14.4. The first kappa shape index (κ1) is 17.4. The molecule has 0 aliphatic carbocycles. The zero-order chi connectivity index (χ0) is 19.2. The second kappa shape index (κ2) is 6.33. The van der Waals surface area contributed by atoms with Crippen molar-refractivity contribution in [3.05, 3.63) is 59.4 Å². The average Bonchev–Trinajstić information content (AvgIpc) is 3.08. The van der Waals surface area contributed by atoms with Crippen molar-refractivity contribution < 1.29 is 18.0 Å². The molecule has 0 radical (unpaired) electrons. The Kier molecular flexibility index (Phi) is 4.09. The maximum atomic E-state index is 14.4. The Labute approximate surface area is 152 Å². The normalized spacial score (nSPS) is 19.4. The Balaban J connectivity index is 1.69. The molecular weight excluding hydrogens is 359 g/mol. The van der Waals surface area contributed by atoms with E-state index >= 15 is 0 Å². The van der Waals surface area contributed by atoms with Gasteiger partial charge in [-0.25, -0.2) is 22.7 Å². The number of carbonyl (C=O) groups excluding carboxylic acids is 1. The Morgan fingerprint density at radius 3 is 2.74 bits per heavy atom. The molecule has 0 spiro atoms. The number of hydrogen-bond acceptors (Lipinski definition) is 4. The molecule has 0 bridgehead atoms. The van der Waals surface area contributed by atoms with E-state index in [9.17, 15) is 18.0 Å². The van der Waals surface area contributed by atoms with Crippen LogP contribution in [0, 0.1) is 12.7 Å². The molecule has 3 aromatic rings.